The second kappa shape index (κ2) is 9.59. The minimum Gasteiger partial charge on any atom is -0.272 e. The molecular weight excluding hydrogens is 482 g/mol. The lowest BCUT2D eigenvalue weighted by molar-refractivity contribution is -0.384. The number of fused-ring (bicyclic) bond motifs is 1. The van der Waals surface area contributed by atoms with Crippen molar-refractivity contribution in [2.24, 2.45) is 4.99 Å². The summed E-state index contributed by atoms with van der Waals surface area (Å²) in [4.78, 5) is 30.1. The Morgan fingerprint density at radius 1 is 0.892 bits per heavy atom. The first kappa shape index (κ1) is 23.1. The molecule has 0 spiro atoms. The molecular formula is C30H23N3O3S. The van der Waals surface area contributed by atoms with Crippen LogP contribution in [0.3, 0.4) is 0 Å². The molecule has 7 heteroatoms. The molecule has 2 aliphatic rings. The number of rotatable bonds is 4. The molecule has 0 bridgehead atoms. The number of hydrogen-bond donors (Lipinski definition) is 0. The molecule has 0 N–H and O–H groups in total. The van der Waals surface area contributed by atoms with E-state index in [9.17, 15) is 14.9 Å². The summed E-state index contributed by atoms with van der Waals surface area (Å²) in [5, 5.41) is 11.0. The Morgan fingerprint density at radius 3 is 2.27 bits per heavy atom. The summed E-state index contributed by atoms with van der Waals surface area (Å²) in [5.41, 5.74) is 6.23. The lowest BCUT2D eigenvalue weighted by Crippen LogP contribution is -2.39. The number of thiazole rings is 1. The van der Waals surface area contributed by atoms with Crippen molar-refractivity contribution in [1.29, 1.82) is 0 Å². The van der Waals surface area contributed by atoms with E-state index in [1.165, 1.54) is 34.6 Å². The maximum absolute atomic E-state index is 13.8. The number of allylic oxidation sites excluding steroid dienone is 2. The smallest absolute Gasteiger partial charge is 0.271 e. The van der Waals surface area contributed by atoms with Gasteiger partial charge in [-0.2, -0.15) is 0 Å². The van der Waals surface area contributed by atoms with Gasteiger partial charge < -0.3 is 0 Å². The zero-order chi connectivity index (χ0) is 25.4. The van der Waals surface area contributed by atoms with Crippen LogP contribution in [0.1, 0.15) is 42.0 Å². The molecule has 37 heavy (non-hydrogen) atoms. The van der Waals surface area contributed by atoms with Gasteiger partial charge in [0.05, 0.1) is 21.2 Å². The van der Waals surface area contributed by atoms with Gasteiger partial charge in [0.1, 0.15) is 0 Å². The van der Waals surface area contributed by atoms with Gasteiger partial charge in [-0.15, -0.1) is 0 Å². The maximum Gasteiger partial charge on any atom is 0.271 e. The highest BCUT2D eigenvalue weighted by Crippen LogP contribution is 2.41. The van der Waals surface area contributed by atoms with Crippen molar-refractivity contribution in [3.63, 3.8) is 0 Å². The molecule has 4 aromatic rings. The zero-order valence-corrected chi connectivity index (χ0v) is 20.7. The first-order valence-electron chi connectivity index (χ1n) is 12.2. The van der Waals surface area contributed by atoms with Crippen LogP contribution in [0.25, 0.3) is 12.2 Å². The van der Waals surface area contributed by atoms with Crippen molar-refractivity contribution in [2.45, 2.75) is 25.3 Å². The number of non-ortho nitro benzene ring substituents is 1. The van der Waals surface area contributed by atoms with Gasteiger partial charge in [-0.3, -0.25) is 19.5 Å². The molecule has 2 heterocycles. The Morgan fingerprint density at radius 2 is 1.57 bits per heavy atom. The third kappa shape index (κ3) is 4.38. The number of nitrogens with zero attached hydrogens (tertiary/aromatic N) is 3. The lowest BCUT2D eigenvalue weighted by Gasteiger charge is -2.31. The van der Waals surface area contributed by atoms with Crippen LogP contribution in [0, 0.1) is 10.1 Å². The van der Waals surface area contributed by atoms with Gasteiger partial charge in [0.25, 0.3) is 11.2 Å². The highest BCUT2D eigenvalue weighted by Gasteiger charge is 2.32. The van der Waals surface area contributed by atoms with Crippen LogP contribution < -0.4 is 14.9 Å². The lowest BCUT2D eigenvalue weighted by atomic mass is 9.84. The number of benzene rings is 3. The van der Waals surface area contributed by atoms with Crippen molar-refractivity contribution in [2.75, 3.05) is 0 Å². The highest BCUT2D eigenvalue weighted by atomic mass is 32.1. The minimum absolute atomic E-state index is 0.0214. The molecule has 6 rings (SSSR count). The summed E-state index contributed by atoms with van der Waals surface area (Å²) in [5.74, 6) is 0. The van der Waals surface area contributed by atoms with Crippen molar-refractivity contribution < 1.29 is 4.92 Å². The molecule has 0 saturated carbocycles. The van der Waals surface area contributed by atoms with Gasteiger partial charge in [0.2, 0.25) is 0 Å². The van der Waals surface area contributed by atoms with Crippen LogP contribution in [0.4, 0.5) is 5.69 Å². The van der Waals surface area contributed by atoms with Gasteiger partial charge in [-0.25, -0.2) is 4.99 Å². The second-order valence-electron chi connectivity index (χ2n) is 9.15. The molecule has 1 aliphatic carbocycles. The second-order valence-corrected chi connectivity index (χ2v) is 10.2. The first-order chi connectivity index (χ1) is 18.1. The summed E-state index contributed by atoms with van der Waals surface area (Å²) in [6.07, 6.45) is 6.83. The molecule has 3 aromatic carbocycles. The average Bonchev–Trinajstić information content (AvgIpc) is 3.23. The molecule has 0 amide bonds. The zero-order valence-electron chi connectivity index (χ0n) is 19.9. The van der Waals surface area contributed by atoms with Gasteiger partial charge >= 0.3 is 0 Å². The molecule has 1 atom stereocenters. The fourth-order valence-corrected chi connectivity index (χ4v) is 6.09. The van der Waals surface area contributed by atoms with Crippen molar-refractivity contribution in [3.05, 3.63) is 148 Å². The largest absolute Gasteiger partial charge is 0.272 e. The third-order valence-electron chi connectivity index (χ3n) is 6.79. The summed E-state index contributed by atoms with van der Waals surface area (Å²) in [6, 6.07) is 26.4. The number of aromatic nitrogens is 1. The fourth-order valence-electron chi connectivity index (χ4n) is 5.09. The molecule has 0 fully saturated rings. The monoisotopic (exact) mass is 505 g/mol. The first-order valence-corrected chi connectivity index (χ1v) is 13.0. The van der Waals surface area contributed by atoms with E-state index in [0.29, 0.717) is 9.33 Å². The van der Waals surface area contributed by atoms with Crippen LogP contribution in [0.5, 0.6) is 0 Å². The Labute approximate surface area is 217 Å². The molecule has 0 saturated heterocycles. The van der Waals surface area contributed by atoms with E-state index in [0.717, 1.165) is 41.6 Å². The molecule has 0 radical (unpaired) electrons. The van der Waals surface area contributed by atoms with Crippen LogP contribution >= 0.6 is 11.3 Å². The van der Waals surface area contributed by atoms with E-state index in [1.54, 1.807) is 18.2 Å². The van der Waals surface area contributed by atoms with Gasteiger partial charge in [0.15, 0.2) is 4.80 Å². The topological polar surface area (TPSA) is 77.5 Å². The molecule has 1 aromatic heterocycles. The van der Waals surface area contributed by atoms with Crippen molar-refractivity contribution in [1.82, 2.24) is 4.57 Å². The van der Waals surface area contributed by atoms with E-state index in [1.807, 2.05) is 41.0 Å². The summed E-state index contributed by atoms with van der Waals surface area (Å²) in [7, 11) is 0. The normalized spacial score (nSPS) is 18.3. The maximum atomic E-state index is 13.8. The van der Waals surface area contributed by atoms with E-state index in [-0.39, 0.29) is 17.3 Å². The Kier molecular flexibility index (Phi) is 5.98. The predicted molar refractivity (Wildman–Crippen MR) is 146 cm³/mol. The van der Waals surface area contributed by atoms with E-state index in [4.69, 9.17) is 4.99 Å². The fraction of sp³-hybridized carbons (Fsp3) is 0.133. The van der Waals surface area contributed by atoms with Gasteiger partial charge in [-0.1, -0.05) is 72.0 Å². The number of nitro groups is 1. The van der Waals surface area contributed by atoms with E-state index < -0.39 is 4.92 Å². The average molecular weight is 506 g/mol. The van der Waals surface area contributed by atoms with Gasteiger partial charge in [0, 0.05) is 12.1 Å². The summed E-state index contributed by atoms with van der Waals surface area (Å²) < 4.78 is 2.38. The van der Waals surface area contributed by atoms with E-state index >= 15 is 0 Å². The third-order valence-corrected chi connectivity index (χ3v) is 7.77. The Bertz CT molecular complexity index is 1730. The highest BCUT2D eigenvalue weighted by molar-refractivity contribution is 7.07. The Balaban J connectivity index is 1.54. The predicted octanol–water partition coefficient (Wildman–Crippen LogP) is 5.39. The van der Waals surface area contributed by atoms with Crippen molar-refractivity contribution >= 4 is 29.2 Å². The molecule has 0 unspecified atom stereocenters. The molecule has 182 valence electrons. The van der Waals surface area contributed by atoms with E-state index in [2.05, 4.69) is 30.3 Å². The van der Waals surface area contributed by atoms with Crippen LogP contribution in [0.15, 0.2) is 112 Å². The summed E-state index contributed by atoms with van der Waals surface area (Å²) >= 11 is 1.36. The molecule has 6 nitrogen and oxygen atoms in total. The van der Waals surface area contributed by atoms with Crippen LogP contribution in [-0.2, 0) is 0 Å². The van der Waals surface area contributed by atoms with Crippen molar-refractivity contribution in [3.8, 4) is 0 Å². The quantitative estimate of drug-likeness (QED) is 0.276. The molecule has 1 aliphatic heterocycles. The van der Waals surface area contributed by atoms with Gasteiger partial charge in [-0.05, 0) is 71.4 Å². The number of nitro benzene ring substituents is 1. The minimum atomic E-state index is -0.428. The standard InChI is InChI=1S/C30H23N3O3S/c34-29-26(19-21-14-16-24(17-15-21)33(35)36)37-30-31-27-23(18-20-8-3-1-4-9-20)12-7-13-25(27)28(32(29)30)22-10-5-2-6-11-22/h1-6,8-11,14-19,28H,7,12-13H2/b23-18+,26-19+/t28-/m0/s1. The Hall–Kier alpha value is -4.36. The van der Waals surface area contributed by atoms with Crippen LogP contribution in [-0.4, -0.2) is 9.49 Å². The SMILES string of the molecule is O=c1/c(=C\c2ccc([N+](=O)[O-])cc2)sc2n1[C@@H](c1ccccc1)C1=C(N=2)/C(=C/c2ccccc2)CCC1. The summed E-state index contributed by atoms with van der Waals surface area (Å²) in [6.45, 7) is 0. The van der Waals surface area contributed by atoms with Crippen LogP contribution in [0.2, 0.25) is 0 Å². The number of hydrogen-bond acceptors (Lipinski definition) is 5.